The zero-order chi connectivity index (χ0) is 18.5. The van der Waals surface area contributed by atoms with Crippen molar-refractivity contribution in [3.05, 3.63) is 52.0 Å². The van der Waals surface area contributed by atoms with Gasteiger partial charge < -0.3 is 15.3 Å². The molecule has 2 N–H and O–H groups in total. The lowest BCUT2D eigenvalue weighted by molar-refractivity contribution is -0.384. The van der Waals surface area contributed by atoms with Crippen LogP contribution in [0.2, 0.25) is 0 Å². The summed E-state index contributed by atoms with van der Waals surface area (Å²) in [7, 11) is 0. The van der Waals surface area contributed by atoms with Crippen molar-refractivity contribution in [2.45, 2.75) is 38.8 Å². The highest BCUT2D eigenvalue weighted by Gasteiger charge is 2.23. The topological polar surface area (TPSA) is 104 Å². The maximum absolute atomic E-state index is 11.2. The summed E-state index contributed by atoms with van der Waals surface area (Å²) >= 11 is 0. The van der Waals surface area contributed by atoms with Gasteiger partial charge in [0.15, 0.2) is 0 Å². The van der Waals surface area contributed by atoms with Gasteiger partial charge in [-0.05, 0) is 37.0 Å². The predicted octanol–water partition coefficient (Wildman–Crippen LogP) is 2.52. The molecule has 1 fully saturated rings. The second-order valence-electron chi connectivity index (χ2n) is 6.39. The molecular formula is C18H23N5O3. The molecule has 0 radical (unpaired) electrons. The minimum Gasteiger partial charge on any atom is -0.392 e. The van der Waals surface area contributed by atoms with E-state index in [9.17, 15) is 15.2 Å². The maximum Gasteiger partial charge on any atom is 0.292 e. The SMILES string of the molecule is CCc1cc(N2CCC(Nc3cc(CO)ccc3[N+](=O)[O-])CC2)ncn1. The molecule has 26 heavy (non-hydrogen) atoms. The molecule has 0 spiro atoms. The third-order valence-electron chi connectivity index (χ3n) is 4.69. The summed E-state index contributed by atoms with van der Waals surface area (Å²) in [4.78, 5) is 21.7. The van der Waals surface area contributed by atoms with Crippen molar-refractivity contribution in [2.24, 2.45) is 0 Å². The van der Waals surface area contributed by atoms with Crippen LogP contribution in [0.4, 0.5) is 17.2 Å². The molecule has 0 saturated carbocycles. The Bertz CT molecular complexity index is 775. The van der Waals surface area contributed by atoms with E-state index in [1.54, 1.807) is 18.5 Å². The van der Waals surface area contributed by atoms with Crippen molar-refractivity contribution in [1.29, 1.82) is 0 Å². The number of nitrogens with one attached hydrogen (secondary N) is 1. The van der Waals surface area contributed by atoms with Crippen molar-refractivity contribution >= 4 is 17.2 Å². The predicted molar refractivity (Wildman–Crippen MR) is 99.3 cm³/mol. The Morgan fingerprint density at radius 1 is 1.31 bits per heavy atom. The zero-order valence-electron chi connectivity index (χ0n) is 14.8. The van der Waals surface area contributed by atoms with E-state index in [0.717, 1.165) is 43.9 Å². The molecule has 0 atom stereocenters. The third kappa shape index (κ3) is 4.08. The Morgan fingerprint density at radius 2 is 2.08 bits per heavy atom. The molecule has 8 heteroatoms. The monoisotopic (exact) mass is 357 g/mol. The zero-order valence-corrected chi connectivity index (χ0v) is 14.8. The van der Waals surface area contributed by atoms with Crippen molar-refractivity contribution in [3.8, 4) is 0 Å². The van der Waals surface area contributed by atoms with E-state index in [4.69, 9.17) is 0 Å². The quantitative estimate of drug-likeness (QED) is 0.604. The molecule has 1 aromatic heterocycles. The van der Waals surface area contributed by atoms with Crippen molar-refractivity contribution in [1.82, 2.24) is 9.97 Å². The lowest BCUT2D eigenvalue weighted by Gasteiger charge is -2.33. The fourth-order valence-corrected chi connectivity index (χ4v) is 3.18. The molecule has 1 aromatic carbocycles. The van der Waals surface area contributed by atoms with E-state index in [1.165, 1.54) is 6.07 Å². The molecule has 2 heterocycles. The number of nitrogens with zero attached hydrogens (tertiary/aromatic N) is 4. The van der Waals surface area contributed by atoms with Crippen LogP contribution in [0, 0.1) is 10.1 Å². The van der Waals surface area contributed by atoms with Gasteiger partial charge in [-0.15, -0.1) is 0 Å². The van der Waals surface area contributed by atoms with Gasteiger partial charge in [0.2, 0.25) is 0 Å². The first-order valence-electron chi connectivity index (χ1n) is 8.81. The first-order chi connectivity index (χ1) is 12.6. The molecule has 0 aliphatic carbocycles. The van der Waals surface area contributed by atoms with Crippen LogP contribution in [-0.2, 0) is 13.0 Å². The Labute approximate surface area is 152 Å². The van der Waals surface area contributed by atoms with Gasteiger partial charge >= 0.3 is 0 Å². The fraction of sp³-hybridized carbons (Fsp3) is 0.444. The lowest BCUT2D eigenvalue weighted by atomic mass is 10.0. The van der Waals surface area contributed by atoms with Gasteiger partial charge in [0.25, 0.3) is 5.69 Å². The van der Waals surface area contributed by atoms with Crippen LogP contribution < -0.4 is 10.2 Å². The van der Waals surface area contributed by atoms with Gasteiger partial charge in [-0.3, -0.25) is 10.1 Å². The van der Waals surface area contributed by atoms with Gasteiger partial charge in [-0.1, -0.05) is 6.92 Å². The number of nitro benzene ring substituents is 1. The number of aryl methyl sites for hydroxylation is 1. The van der Waals surface area contributed by atoms with E-state index in [1.807, 2.05) is 6.07 Å². The smallest absolute Gasteiger partial charge is 0.292 e. The highest BCUT2D eigenvalue weighted by molar-refractivity contribution is 5.63. The van der Waals surface area contributed by atoms with Crippen LogP contribution in [0.25, 0.3) is 0 Å². The normalized spacial score (nSPS) is 15.1. The number of hydrogen-bond acceptors (Lipinski definition) is 7. The Morgan fingerprint density at radius 3 is 2.73 bits per heavy atom. The third-order valence-corrected chi connectivity index (χ3v) is 4.69. The van der Waals surface area contributed by atoms with Crippen molar-refractivity contribution in [2.75, 3.05) is 23.3 Å². The number of aromatic nitrogens is 2. The number of piperidine rings is 1. The second kappa shape index (κ2) is 8.09. The molecular weight excluding hydrogens is 334 g/mol. The fourth-order valence-electron chi connectivity index (χ4n) is 3.18. The van der Waals surface area contributed by atoms with Crippen LogP contribution in [0.1, 0.15) is 31.0 Å². The molecule has 0 unspecified atom stereocenters. The first kappa shape index (κ1) is 18.1. The van der Waals surface area contributed by atoms with Crippen LogP contribution in [0.5, 0.6) is 0 Å². The number of rotatable bonds is 6. The molecule has 1 aliphatic rings. The number of benzene rings is 1. The summed E-state index contributed by atoms with van der Waals surface area (Å²) < 4.78 is 0. The van der Waals surface area contributed by atoms with Gasteiger partial charge in [0.05, 0.1) is 11.5 Å². The minimum absolute atomic E-state index is 0.0352. The molecule has 2 aromatic rings. The molecule has 0 bridgehead atoms. The van der Waals surface area contributed by atoms with Crippen LogP contribution in [-0.4, -0.2) is 39.1 Å². The summed E-state index contributed by atoms with van der Waals surface area (Å²) in [6.07, 6.45) is 4.18. The van der Waals surface area contributed by atoms with Crippen LogP contribution in [0.3, 0.4) is 0 Å². The van der Waals surface area contributed by atoms with Crippen molar-refractivity contribution in [3.63, 3.8) is 0 Å². The molecule has 3 rings (SSSR count). The molecule has 1 aliphatic heterocycles. The summed E-state index contributed by atoms with van der Waals surface area (Å²) in [5, 5.41) is 23.8. The van der Waals surface area contributed by atoms with Crippen LogP contribution >= 0.6 is 0 Å². The van der Waals surface area contributed by atoms with Crippen molar-refractivity contribution < 1.29 is 10.0 Å². The number of hydrogen-bond donors (Lipinski definition) is 2. The van der Waals surface area contributed by atoms with E-state index in [2.05, 4.69) is 27.1 Å². The van der Waals surface area contributed by atoms with E-state index < -0.39 is 4.92 Å². The Kier molecular flexibility index (Phi) is 5.62. The minimum atomic E-state index is -0.397. The molecule has 1 saturated heterocycles. The van der Waals surface area contributed by atoms with Gasteiger partial charge in [0, 0.05) is 37.0 Å². The van der Waals surface area contributed by atoms with E-state index in [0.29, 0.717) is 11.3 Å². The largest absolute Gasteiger partial charge is 0.392 e. The summed E-state index contributed by atoms with van der Waals surface area (Å²) in [6.45, 7) is 3.57. The average Bonchev–Trinajstić information content (AvgIpc) is 2.68. The van der Waals surface area contributed by atoms with E-state index in [-0.39, 0.29) is 18.3 Å². The van der Waals surface area contributed by atoms with Crippen LogP contribution in [0.15, 0.2) is 30.6 Å². The molecule has 8 nitrogen and oxygen atoms in total. The summed E-state index contributed by atoms with van der Waals surface area (Å²) in [6, 6.07) is 6.83. The first-order valence-corrected chi connectivity index (χ1v) is 8.81. The summed E-state index contributed by atoms with van der Waals surface area (Å²) in [5.74, 6) is 0.934. The lowest BCUT2D eigenvalue weighted by Crippen LogP contribution is -2.39. The Hall–Kier alpha value is -2.74. The van der Waals surface area contributed by atoms with E-state index >= 15 is 0 Å². The highest BCUT2D eigenvalue weighted by atomic mass is 16.6. The highest BCUT2D eigenvalue weighted by Crippen LogP contribution is 2.28. The number of anilines is 2. The number of nitro groups is 1. The number of aliphatic hydroxyl groups is 1. The average molecular weight is 357 g/mol. The number of aliphatic hydroxyl groups excluding tert-OH is 1. The molecule has 138 valence electrons. The molecule has 0 amide bonds. The maximum atomic E-state index is 11.2. The second-order valence-corrected chi connectivity index (χ2v) is 6.39. The van der Waals surface area contributed by atoms with Gasteiger partial charge in [-0.25, -0.2) is 9.97 Å². The summed E-state index contributed by atoms with van der Waals surface area (Å²) in [5.41, 5.74) is 2.18. The van der Waals surface area contributed by atoms with Gasteiger partial charge in [-0.2, -0.15) is 0 Å². The standard InChI is InChI=1S/C18H23N5O3/c1-2-14-10-18(20-12-19-14)22-7-5-15(6-8-22)21-16-9-13(11-24)3-4-17(16)23(25)26/h3-4,9-10,12,15,21,24H,2,5-8,11H2,1H3. The Balaban J connectivity index is 1.66. The van der Waals surface area contributed by atoms with Gasteiger partial charge in [0.1, 0.15) is 17.8 Å².